The Labute approximate surface area is 154 Å². The Balaban J connectivity index is 1.95. The zero-order chi connectivity index (χ0) is 19.2. The Kier molecular flexibility index (Phi) is 4.57. The van der Waals surface area contributed by atoms with Crippen LogP contribution in [0.15, 0.2) is 30.3 Å². The highest BCUT2D eigenvalue weighted by Crippen LogP contribution is 2.39. The Bertz CT molecular complexity index is 859. The molecule has 0 saturated heterocycles. The third kappa shape index (κ3) is 2.98. The second-order valence-corrected chi connectivity index (χ2v) is 7.47. The Morgan fingerprint density at radius 3 is 2.46 bits per heavy atom. The van der Waals surface area contributed by atoms with Gasteiger partial charge in [-0.15, -0.1) is 0 Å². The van der Waals surface area contributed by atoms with E-state index in [0.717, 1.165) is 16.8 Å². The summed E-state index contributed by atoms with van der Waals surface area (Å²) in [5, 5.41) is 20.3. The second-order valence-electron chi connectivity index (χ2n) is 7.47. The van der Waals surface area contributed by atoms with Gasteiger partial charge in [0.1, 0.15) is 11.5 Å². The van der Waals surface area contributed by atoms with E-state index in [1.807, 2.05) is 39.8 Å². The maximum absolute atomic E-state index is 13.1. The van der Waals surface area contributed by atoms with Crippen LogP contribution in [0.2, 0.25) is 0 Å². The topological polar surface area (TPSA) is 64.0 Å². The van der Waals surface area contributed by atoms with Crippen molar-refractivity contribution in [2.75, 3.05) is 19.0 Å². The third-order valence-corrected chi connectivity index (χ3v) is 5.16. The average Bonchev–Trinajstić information content (AvgIpc) is 2.90. The van der Waals surface area contributed by atoms with Crippen LogP contribution in [-0.4, -0.2) is 35.1 Å². The monoisotopic (exact) mass is 354 g/mol. The molecule has 0 spiro atoms. The van der Waals surface area contributed by atoms with Crippen molar-refractivity contribution < 1.29 is 15.0 Å². The number of phenolic OH excluding ortho intramolecular Hbond substituents is 2. The number of hydrogen-bond acceptors (Lipinski definition) is 4. The van der Waals surface area contributed by atoms with Crippen LogP contribution < -0.4 is 4.90 Å². The van der Waals surface area contributed by atoms with Crippen LogP contribution in [-0.2, 0) is 6.54 Å². The van der Waals surface area contributed by atoms with Crippen molar-refractivity contribution in [1.82, 2.24) is 4.90 Å². The largest absolute Gasteiger partial charge is 0.508 e. The molecule has 1 aliphatic heterocycles. The van der Waals surface area contributed by atoms with E-state index < -0.39 is 0 Å². The molecule has 3 rings (SSSR count). The van der Waals surface area contributed by atoms with Crippen molar-refractivity contribution in [3.63, 3.8) is 0 Å². The maximum Gasteiger partial charge on any atom is 0.258 e. The average molecular weight is 354 g/mol. The van der Waals surface area contributed by atoms with Gasteiger partial charge < -0.3 is 20.0 Å². The number of hydrogen-bond donors (Lipinski definition) is 2. The minimum Gasteiger partial charge on any atom is -0.508 e. The minimum absolute atomic E-state index is 0.0161. The molecule has 0 aromatic heterocycles. The van der Waals surface area contributed by atoms with Crippen LogP contribution in [0.4, 0.5) is 5.69 Å². The van der Waals surface area contributed by atoms with E-state index in [1.54, 1.807) is 11.0 Å². The van der Waals surface area contributed by atoms with Crippen LogP contribution in [0.5, 0.6) is 11.5 Å². The first-order valence-corrected chi connectivity index (χ1v) is 8.87. The smallest absolute Gasteiger partial charge is 0.258 e. The van der Waals surface area contributed by atoms with Gasteiger partial charge in [-0.05, 0) is 47.7 Å². The fourth-order valence-corrected chi connectivity index (χ4v) is 3.53. The second kappa shape index (κ2) is 6.56. The van der Waals surface area contributed by atoms with Gasteiger partial charge in [0.25, 0.3) is 5.91 Å². The van der Waals surface area contributed by atoms with Gasteiger partial charge >= 0.3 is 0 Å². The molecule has 1 atom stereocenters. The molecule has 5 heteroatoms. The summed E-state index contributed by atoms with van der Waals surface area (Å²) < 4.78 is 0. The summed E-state index contributed by atoms with van der Waals surface area (Å²) in [7, 11) is 3.98. The van der Waals surface area contributed by atoms with E-state index in [-0.39, 0.29) is 34.9 Å². The van der Waals surface area contributed by atoms with Gasteiger partial charge in [0, 0.05) is 32.4 Å². The molecule has 1 heterocycles. The number of fused-ring (bicyclic) bond motifs is 1. The zero-order valence-corrected chi connectivity index (χ0v) is 15.9. The molecule has 0 bridgehead atoms. The number of carbonyl (C=O) groups excluding carboxylic acids is 1. The van der Waals surface area contributed by atoms with E-state index >= 15 is 0 Å². The molecule has 1 aliphatic rings. The van der Waals surface area contributed by atoms with E-state index in [4.69, 9.17) is 0 Å². The van der Waals surface area contributed by atoms with Gasteiger partial charge in [-0.3, -0.25) is 4.79 Å². The van der Waals surface area contributed by atoms with Gasteiger partial charge in [0.2, 0.25) is 0 Å². The van der Waals surface area contributed by atoms with E-state index in [2.05, 4.69) is 18.2 Å². The summed E-state index contributed by atoms with van der Waals surface area (Å²) in [4.78, 5) is 16.9. The molecule has 2 N–H and O–H groups in total. The quantitative estimate of drug-likeness (QED) is 0.874. The fourth-order valence-electron chi connectivity index (χ4n) is 3.53. The number of phenols is 2. The van der Waals surface area contributed by atoms with Crippen LogP contribution in [0.1, 0.15) is 59.8 Å². The number of carbonyl (C=O) groups is 1. The third-order valence-electron chi connectivity index (χ3n) is 5.16. The highest BCUT2D eigenvalue weighted by Gasteiger charge is 2.32. The highest BCUT2D eigenvalue weighted by atomic mass is 16.3. The highest BCUT2D eigenvalue weighted by molar-refractivity contribution is 5.98. The van der Waals surface area contributed by atoms with Gasteiger partial charge in [-0.1, -0.05) is 19.9 Å². The SMILES string of the molecule is CC(C)c1cc(C(=O)N2Cc3cc(N(C)C)ccc3C2C)c(O)cc1O. The number of anilines is 1. The van der Waals surface area contributed by atoms with Crippen LogP contribution in [0.25, 0.3) is 0 Å². The fraction of sp³-hybridized carbons (Fsp3) is 0.381. The number of aromatic hydroxyl groups is 2. The van der Waals surface area contributed by atoms with Gasteiger partial charge in [0.05, 0.1) is 11.6 Å². The van der Waals surface area contributed by atoms with E-state index in [9.17, 15) is 15.0 Å². The van der Waals surface area contributed by atoms with Crippen LogP contribution in [0.3, 0.4) is 0 Å². The van der Waals surface area contributed by atoms with Crippen molar-refractivity contribution in [3.05, 3.63) is 52.6 Å². The van der Waals surface area contributed by atoms with E-state index in [0.29, 0.717) is 12.1 Å². The van der Waals surface area contributed by atoms with Crippen LogP contribution in [0, 0.1) is 0 Å². The normalized spacial score (nSPS) is 16.1. The first-order valence-electron chi connectivity index (χ1n) is 8.87. The molecule has 0 aliphatic carbocycles. The van der Waals surface area contributed by atoms with Crippen molar-refractivity contribution in [2.45, 2.75) is 39.3 Å². The van der Waals surface area contributed by atoms with Gasteiger partial charge in [-0.25, -0.2) is 0 Å². The number of nitrogens with zero attached hydrogens (tertiary/aromatic N) is 2. The van der Waals surface area contributed by atoms with Gasteiger partial charge in [-0.2, -0.15) is 0 Å². The molecule has 2 aromatic carbocycles. The lowest BCUT2D eigenvalue weighted by atomic mass is 9.98. The first kappa shape index (κ1) is 18.1. The summed E-state index contributed by atoms with van der Waals surface area (Å²) in [5.74, 6) is -0.339. The van der Waals surface area contributed by atoms with Gasteiger partial charge in [0.15, 0.2) is 0 Å². The van der Waals surface area contributed by atoms with E-state index in [1.165, 1.54) is 6.07 Å². The zero-order valence-electron chi connectivity index (χ0n) is 15.9. The lowest BCUT2D eigenvalue weighted by Gasteiger charge is -2.23. The lowest BCUT2D eigenvalue weighted by Crippen LogP contribution is -2.28. The summed E-state index contributed by atoms with van der Waals surface area (Å²) in [5.41, 5.74) is 4.25. The predicted molar refractivity (Wildman–Crippen MR) is 103 cm³/mol. The number of benzene rings is 2. The molecule has 0 fully saturated rings. The molecule has 138 valence electrons. The van der Waals surface area contributed by atoms with Crippen molar-refractivity contribution in [1.29, 1.82) is 0 Å². The molecule has 0 saturated carbocycles. The standard InChI is InChI=1S/C21H26N2O3/c1-12(2)17-9-18(20(25)10-19(17)24)21(26)23-11-14-8-15(22(4)5)6-7-16(14)13(23)3/h6-10,12-13,24-25H,11H2,1-5H3. The summed E-state index contributed by atoms with van der Waals surface area (Å²) in [6.45, 7) is 6.39. The van der Waals surface area contributed by atoms with Crippen molar-refractivity contribution in [2.24, 2.45) is 0 Å². The molecule has 5 nitrogen and oxygen atoms in total. The predicted octanol–water partition coefficient (Wildman–Crippen LogP) is 4.00. The first-order chi connectivity index (χ1) is 12.2. The minimum atomic E-state index is -0.223. The summed E-state index contributed by atoms with van der Waals surface area (Å²) in [6, 6.07) is 9.04. The number of rotatable bonds is 3. The molecular formula is C21H26N2O3. The molecule has 1 unspecified atom stereocenters. The molecule has 2 aromatic rings. The van der Waals surface area contributed by atoms with Crippen LogP contribution >= 0.6 is 0 Å². The Morgan fingerprint density at radius 1 is 1.15 bits per heavy atom. The Morgan fingerprint density at radius 2 is 1.85 bits per heavy atom. The summed E-state index contributed by atoms with van der Waals surface area (Å²) >= 11 is 0. The van der Waals surface area contributed by atoms with Crippen molar-refractivity contribution >= 4 is 11.6 Å². The lowest BCUT2D eigenvalue weighted by molar-refractivity contribution is 0.0702. The number of amides is 1. The molecule has 0 radical (unpaired) electrons. The molecular weight excluding hydrogens is 328 g/mol. The summed E-state index contributed by atoms with van der Waals surface area (Å²) in [6.07, 6.45) is 0. The molecule has 26 heavy (non-hydrogen) atoms. The maximum atomic E-state index is 13.1. The van der Waals surface area contributed by atoms with Crippen molar-refractivity contribution in [3.8, 4) is 11.5 Å². The Hall–Kier alpha value is -2.69. The molecule has 1 amide bonds.